The van der Waals surface area contributed by atoms with E-state index in [4.69, 9.17) is 34.8 Å². The maximum atomic E-state index is 11.1. The quantitative estimate of drug-likeness (QED) is 0.752. The predicted molar refractivity (Wildman–Crippen MR) is 58.7 cm³/mol. The minimum Gasteiger partial charge on any atom is -0.294 e. The van der Waals surface area contributed by atoms with Crippen LogP contribution in [-0.4, -0.2) is 5.78 Å². The van der Waals surface area contributed by atoms with E-state index in [2.05, 4.69) is 0 Å². The van der Waals surface area contributed by atoms with E-state index < -0.39 is 0 Å². The largest absolute Gasteiger partial charge is 0.294 e. The minimum atomic E-state index is 0.0515. The van der Waals surface area contributed by atoms with Crippen LogP contribution in [0.5, 0.6) is 0 Å². The van der Waals surface area contributed by atoms with Crippen LogP contribution in [0.15, 0.2) is 11.6 Å². The molecule has 14 heavy (non-hydrogen) atoms. The van der Waals surface area contributed by atoms with Crippen molar-refractivity contribution in [1.82, 2.24) is 0 Å². The second-order valence-corrected chi connectivity index (χ2v) is 5.98. The van der Waals surface area contributed by atoms with Crippen LogP contribution in [0, 0.1) is 5.92 Å². The first-order chi connectivity index (χ1) is 6.61. The van der Waals surface area contributed by atoms with Crippen molar-refractivity contribution in [3.63, 3.8) is 0 Å². The first kappa shape index (κ1) is 9.22. The van der Waals surface area contributed by atoms with Crippen molar-refractivity contribution in [2.75, 3.05) is 0 Å². The van der Waals surface area contributed by atoms with Crippen molar-refractivity contribution in [3.05, 3.63) is 30.9 Å². The summed E-state index contributed by atoms with van der Waals surface area (Å²) in [5.41, 5.74) is 1.98. The fourth-order valence-corrected chi connectivity index (χ4v) is 3.93. The Balaban J connectivity index is 2.07. The van der Waals surface area contributed by atoms with Crippen LogP contribution in [0.25, 0.3) is 0 Å². The van der Waals surface area contributed by atoms with E-state index in [0.717, 1.165) is 11.1 Å². The Morgan fingerprint density at radius 2 is 1.86 bits per heavy atom. The molecule has 0 saturated heterocycles. The summed E-state index contributed by atoms with van der Waals surface area (Å²) in [6.07, 6.45) is 1.66. The lowest BCUT2D eigenvalue weighted by atomic mass is 10.1. The van der Waals surface area contributed by atoms with Gasteiger partial charge >= 0.3 is 0 Å². The summed E-state index contributed by atoms with van der Waals surface area (Å²) in [6, 6.07) is 0. The molecule has 0 aromatic carbocycles. The molecule has 1 fully saturated rings. The summed E-state index contributed by atoms with van der Waals surface area (Å²) in [7, 11) is 0. The molecule has 3 rings (SSSR count). The van der Waals surface area contributed by atoms with Gasteiger partial charge in [-0.1, -0.05) is 34.8 Å². The van der Waals surface area contributed by atoms with Gasteiger partial charge in [0.15, 0.2) is 5.78 Å². The number of carbonyl (C=O) groups excluding carboxylic acids is 1. The molecule has 1 aromatic rings. The van der Waals surface area contributed by atoms with Crippen LogP contribution < -0.4 is 0 Å². The molecule has 2 unspecified atom stereocenters. The van der Waals surface area contributed by atoms with Gasteiger partial charge in [-0.3, -0.25) is 4.79 Å². The lowest BCUT2D eigenvalue weighted by Gasteiger charge is -1.95. The van der Waals surface area contributed by atoms with Gasteiger partial charge < -0.3 is 0 Å². The zero-order valence-electron chi connectivity index (χ0n) is 6.68. The van der Waals surface area contributed by atoms with Crippen molar-refractivity contribution in [2.24, 2.45) is 5.92 Å². The number of halogens is 3. The molecular weight excluding hydrogens is 263 g/mol. The van der Waals surface area contributed by atoms with E-state index in [0.29, 0.717) is 13.7 Å². The first-order valence-electron chi connectivity index (χ1n) is 3.99. The Morgan fingerprint density at radius 3 is 2.21 bits per heavy atom. The van der Waals surface area contributed by atoms with E-state index in [-0.39, 0.29) is 17.6 Å². The first-order valence-corrected chi connectivity index (χ1v) is 5.95. The van der Waals surface area contributed by atoms with Gasteiger partial charge in [0.1, 0.15) is 4.34 Å². The monoisotopic (exact) mass is 264 g/mol. The molecule has 0 spiro atoms. The number of fused-ring (bicyclic) bond motifs is 1. The average Bonchev–Trinajstić information content (AvgIpc) is 2.61. The van der Waals surface area contributed by atoms with Gasteiger partial charge in [0.25, 0.3) is 0 Å². The zero-order chi connectivity index (χ0) is 10.0. The minimum absolute atomic E-state index is 0.0515. The summed E-state index contributed by atoms with van der Waals surface area (Å²) >= 11 is 19.1. The number of hydrogen-bond donors (Lipinski definition) is 0. The molecule has 0 bridgehead atoms. The summed E-state index contributed by atoms with van der Waals surface area (Å²) in [4.78, 5) is 11.1. The van der Waals surface area contributed by atoms with Crippen molar-refractivity contribution in [3.8, 4) is 0 Å². The van der Waals surface area contributed by atoms with Crippen LogP contribution >= 0.6 is 46.1 Å². The van der Waals surface area contributed by atoms with Crippen LogP contribution in [0.2, 0.25) is 13.7 Å². The Bertz CT molecular complexity index is 488. The Labute approximate surface area is 99.3 Å². The van der Waals surface area contributed by atoms with Crippen molar-refractivity contribution in [2.45, 2.75) is 5.92 Å². The normalized spacial score (nSPS) is 28.2. The third kappa shape index (κ3) is 1.00. The van der Waals surface area contributed by atoms with Gasteiger partial charge in [-0.25, -0.2) is 0 Å². The molecule has 1 nitrogen and oxygen atoms in total. The van der Waals surface area contributed by atoms with Crippen molar-refractivity contribution < 1.29 is 4.79 Å². The topological polar surface area (TPSA) is 17.1 Å². The fraction of sp³-hybridized carbons (Fsp3) is 0.222. The Kier molecular flexibility index (Phi) is 1.82. The third-order valence-electron chi connectivity index (χ3n) is 2.67. The summed E-state index contributed by atoms with van der Waals surface area (Å²) in [6.45, 7) is 0. The third-order valence-corrected chi connectivity index (χ3v) is 4.91. The predicted octanol–water partition coefficient (Wildman–Crippen LogP) is 3.93. The highest BCUT2D eigenvalue weighted by atomic mass is 35.5. The summed E-state index contributed by atoms with van der Waals surface area (Å²) in [5, 5.41) is 0.509. The van der Waals surface area contributed by atoms with E-state index >= 15 is 0 Å². The molecule has 1 heterocycles. The van der Waals surface area contributed by atoms with E-state index in [9.17, 15) is 4.79 Å². The van der Waals surface area contributed by atoms with E-state index in [1.807, 2.05) is 0 Å². The standard InChI is InChI=1S/C9H3Cl3OS/c10-7-6(8(11)14-9(7)12)5-2-1-3(13)4(2)5/h1,4-5H. The number of rotatable bonds is 1. The molecule has 2 atom stereocenters. The molecule has 2 aliphatic rings. The highest BCUT2D eigenvalue weighted by molar-refractivity contribution is 7.20. The lowest BCUT2D eigenvalue weighted by molar-refractivity contribution is -0.116. The fourth-order valence-electron chi connectivity index (χ4n) is 1.91. The maximum absolute atomic E-state index is 11.1. The van der Waals surface area contributed by atoms with E-state index in [1.54, 1.807) is 6.08 Å². The van der Waals surface area contributed by atoms with Gasteiger partial charge in [0.05, 0.1) is 15.3 Å². The highest BCUT2D eigenvalue weighted by Gasteiger charge is 2.57. The van der Waals surface area contributed by atoms with Crippen LogP contribution in [0.1, 0.15) is 11.5 Å². The number of ketones is 1. The molecule has 0 aliphatic heterocycles. The number of thiophene rings is 1. The van der Waals surface area contributed by atoms with E-state index in [1.165, 1.54) is 11.3 Å². The van der Waals surface area contributed by atoms with Gasteiger partial charge in [-0.05, 0) is 11.6 Å². The summed E-state index contributed by atoms with van der Waals surface area (Å²) in [5.74, 6) is 0.348. The van der Waals surface area contributed by atoms with Gasteiger partial charge in [0, 0.05) is 11.5 Å². The molecule has 2 aliphatic carbocycles. The number of hydrogen-bond acceptors (Lipinski definition) is 2. The van der Waals surface area contributed by atoms with Gasteiger partial charge in [0.2, 0.25) is 0 Å². The molecule has 1 saturated carbocycles. The SMILES string of the molecule is O=C1C=C2C1C2c1c(Cl)sc(Cl)c1Cl. The van der Waals surface area contributed by atoms with Gasteiger partial charge in [-0.2, -0.15) is 0 Å². The molecule has 1 aromatic heterocycles. The van der Waals surface area contributed by atoms with Crippen LogP contribution in [-0.2, 0) is 4.79 Å². The molecule has 5 heteroatoms. The van der Waals surface area contributed by atoms with Crippen molar-refractivity contribution >= 4 is 51.9 Å². The maximum Gasteiger partial charge on any atom is 0.163 e. The Morgan fingerprint density at radius 1 is 1.14 bits per heavy atom. The lowest BCUT2D eigenvalue weighted by Crippen LogP contribution is -2.02. The van der Waals surface area contributed by atoms with Gasteiger partial charge in [-0.15, -0.1) is 11.3 Å². The molecular formula is C9H3Cl3OS. The highest BCUT2D eigenvalue weighted by Crippen LogP contribution is 2.64. The molecule has 0 amide bonds. The van der Waals surface area contributed by atoms with Crippen LogP contribution in [0.4, 0.5) is 0 Å². The average molecular weight is 266 g/mol. The Hall–Kier alpha value is -0.0200. The van der Waals surface area contributed by atoms with Crippen molar-refractivity contribution in [1.29, 1.82) is 0 Å². The molecule has 0 N–H and O–H groups in total. The summed E-state index contributed by atoms with van der Waals surface area (Å²) < 4.78 is 1.11. The number of allylic oxidation sites excluding steroid dienone is 2. The molecule has 0 radical (unpaired) electrons. The van der Waals surface area contributed by atoms with Crippen LogP contribution in [0.3, 0.4) is 0 Å². The second kappa shape index (κ2) is 2.76. The zero-order valence-corrected chi connectivity index (χ0v) is 9.77. The smallest absolute Gasteiger partial charge is 0.163 e. The second-order valence-electron chi connectivity index (χ2n) is 3.38. The number of carbonyl (C=O) groups is 1. The molecule has 72 valence electrons.